The van der Waals surface area contributed by atoms with Crippen LogP contribution in [0, 0.1) is 11.3 Å². The van der Waals surface area contributed by atoms with Gasteiger partial charge in [0.25, 0.3) is 0 Å². The molecule has 3 heterocycles. The SMILES string of the molecule is N#CCc1c(-c2ccccn2)nc2sc3c(n12)CCC3. The van der Waals surface area contributed by atoms with Crippen LogP contribution in [0.4, 0.5) is 0 Å². The predicted octanol–water partition coefficient (Wildman–Crippen LogP) is 3.01. The molecule has 1 aliphatic carbocycles. The van der Waals surface area contributed by atoms with Gasteiger partial charge in [-0.15, -0.1) is 11.3 Å². The summed E-state index contributed by atoms with van der Waals surface area (Å²) >= 11 is 1.76. The van der Waals surface area contributed by atoms with Crippen LogP contribution in [0.1, 0.15) is 22.7 Å². The topological polar surface area (TPSA) is 54.0 Å². The number of hydrogen-bond donors (Lipinski definition) is 0. The van der Waals surface area contributed by atoms with Crippen molar-refractivity contribution in [3.8, 4) is 17.5 Å². The van der Waals surface area contributed by atoms with Gasteiger partial charge in [0.05, 0.1) is 23.9 Å². The van der Waals surface area contributed by atoms with Gasteiger partial charge >= 0.3 is 0 Å². The summed E-state index contributed by atoms with van der Waals surface area (Å²) in [4.78, 5) is 11.5. The van der Waals surface area contributed by atoms with Gasteiger partial charge in [-0.3, -0.25) is 9.38 Å². The number of aryl methyl sites for hydroxylation is 2. The minimum atomic E-state index is 0.371. The van der Waals surface area contributed by atoms with Crippen molar-refractivity contribution < 1.29 is 0 Å². The maximum atomic E-state index is 9.15. The van der Waals surface area contributed by atoms with Gasteiger partial charge in [0.2, 0.25) is 0 Å². The molecule has 0 atom stereocenters. The van der Waals surface area contributed by atoms with Crippen molar-refractivity contribution in [2.24, 2.45) is 0 Å². The molecule has 20 heavy (non-hydrogen) atoms. The van der Waals surface area contributed by atoms with Crippen molar-refractivity contribution >= 4 is 16.3 Å². The highest BCUT2D eigenvalue weighted by molar-refractivity contribution is 7.17. The number of nitriles is 1. The van der Waals surface area contributed by atoms with E-state index in [1.807, 2.05) is 18.2 Å². The van der Waals surface area contributed by atoms with Gasteiger partial charge in [0, 0.05) is 16.8 Å². The fourth-order valence-corrected chi connectivity index (χ4v) is 4.11. The summed E-state index contributed by atoms with van der Waals surface area (Å²) in [5.74, 6) is 0. The maximum absolute atomic E-state index is 9.15. The molecule has 1 aliphatic rings. The quantitative estimate of drug-likeness (QED) is 0.725. The third-order valence-corrected chi connectivity index (χ3v) is 4.86. The normalized spacial score (nSPS) is 13.6. The predicted molar refractivity (Wildman–Crippen MR) is 77.6 cm³/mol. The molecule has 0 saturated carbocycles. The number of aromatic nitrogens is 3. The van der Waals surface area contributed by atoms with Crippen LogP contribution in [0.2, 0.25) is 0 Å². The molecule has 0 saturated heterocycles. The van der Waals surface area contributed by atoms with E-state index in [-0.39, 0.29) is 0 Å². The number of pyridine rings is 1. The van der Waals surface area contributed by atoms with Crippen molar-refractivity contribution in [2.45, 2.75) is 25.7 Å². The Morgan fingerprint density at radius 3 is 3.10 bits per heavy atom. The zero-order valence-corrected chi connectivity index (χ0v) is 11.7. The highest BCUT2D eigenvalue weighted by atomic mass is 32.1. The van der Waals surface area contributed by atoms with Crippen LogP contribution in [0.3, 0.4) is 0 Å². The third kappa shape index (κ3) is 1.58. The van der Waals surface area contributed by atoms with Gasteiger partial charge in [-0.25, -0.2) is 4.98 Å². The summed E-state index contributed by atoms with van der Waals surface area (Å²) in [5, 5.41) is 9.15. The summed E-state index contributed by atoms with van der Waals surface area (Å²) in [6.45, 7) is 0. The Labute approximate surface area is 120 Å². The van der Waals surface area contributed by atoms with E-state index in [9.17, 15) is 0 Å². The van der Waals surface area contributed by atoms with Crippen LogP contribution >= 0.6 is 11.3 Å². The molecular formula is C15H12N4S. The molecule has 3 aromatic heterocycles. The maximum Gasteiger partial charge on any atom is 0.195 e. The van der Waals surface area contributed by atoms with E-state index in [2.05, 4.69) is 15.5 Å². The van der Waals surface area contributed by atoms with E-state index in [1.165, 1.54) is 17.0 Å². The van der Waals surface area contributed by atoms with Gasteiger partial charge in [-0.05, 0) is 31.4 Å². The first-order valence-corrected chi connectivity index (χ1v) is 7.50. The Morgan fingerprint density at radius 2 is 2.30 bits per heavy atom. The Balaban J connectivity index is 2.00. The second-order valence-electron chi connectivity index (χ2n) is 4.90. The second-order valence-corrected chi connectivity index (χ2v) is 5.96. The minimum Gasteiger partial charge on any atom is -0.290 e. The summed E-state index contributed by atoms with van der Waals surface area (Å²) in [6, 6.07) is 8.07. The molecule has 0 spiro atoms. The number of hydrogen-bond acceptors (Lipinski definition) is 4. The summed E-state index contributed by atoms with van der Waals surface area (Å²) in [7, 11) is 0. The minimum absolute atomic E-state index is 0.371. The molecule has 0 unspecified atom stereocenters. The molecule has 5 heteroatoms. The Kier molecular flexibility index (Phi) is 2.57. The molecule has 0 bridgehead atoms. The second kappa shape index (κ2) is 4.43. The highest BCUT2D eigenvalue weighted by Gasteiger charge is 2.24. The lowest BCUT2D eigenvalue weighted by Gasteiger charge is -2.01. The lowest BCUT2D eigenvalue weighted by molar-refractivity contribution is 0.877. The van der Waals surface area contributed by atoms with Crippen LogP contribution in [-0.4, -0.2) is 14.4 Å². The summed E-state index contributed by atoms with van der Waals surface area (Å²) in [5.41, 5.74) is 4.04. The Hall–Kier alpha value is -2.19. The first-order chi connectivity index (χ1) is 9.88. The van der Waals surface area contributed by atoms with Crippen molar-refractivity contribution in [1.29, 1.82) is 5.26 Å². The van der Waals surface area contributed by atoms with Crippen molar-refractivity contribution in [1.82, 2.24) is 14.4 Å². The fraction of sp³-hybridized carbons (Fsp3) is 0.267. The van der Waals surface area contributed by atoms with E-state index < -0.39 is 0 Å². The van der Waals surface area contributed by atoms with Crippen molar-refractivity contribution in [3.05, 3.63) is 40.7 Å². The number of thiazole rings is 1. The number of rotatable bonds is 2. The third-order valence-electron chi connectivity index (χ3n) is 3.72. The smallest absolute Gasteiger partial charge is 0.195 e. The van der Waals surface area contributed by atoms with Crippen LogP contribution in [0.15, 0.2) is 24.4 Å². The molecule has 0 aliphatic heterocycles. The summed E-state index contributed by atoms with van der Waals surface area (Å²) < 4.78 is 2.19. The van der Waals surface area contributed by atoms with Gasteiger partial charge in [0.15, 0.2) is 4.96 Å². The number of imidazole rings is 1. The van der Waals surface area contributed by atoms with E-state index in [0.29, 0.717) is 6.42 Å². The lowest BCUT2D eigenvalue weighted by atomic mass is 10.2. The molecule has 0 amide bonds. The standard InChI is InChI=1S/C15H12N4S/c16-8-7-12-14(10-4-1-2-9-17-10)18-15-19(12)11-5-3-6-13(11)20-15/h1-2,4,9H,3,5-7H2. The molecule has 0 N–H and O–H groups in total. The van der Waals surface area contributed by atoms with Gasteiger partial charge in [-0.1, -0.05) is 6.07 Å². The number of fused-ring (bicyclic) bond motifs is 3. The van der Waals surface area contributed by atoms with Crippen molar-refractivity contribution in [3.63, 3.8) is 0 Å². The Morgan fingerprint density at radius 1 is 1.35 bits per heavy atom. The average molecular weight is 280 g/mol. The molecule has 98 valence electrons. The molecule has 0 aromatic carbocycles. The van der Waals surface area contributed by atoms with Crippen LogP contribution in [0.25, 0.3) is 16.3 Å². The first kappa shape index (κ1) is 11.6. The molecule has 0 fully saturated rings. The first-order valence-electron chi connectivity index (χ1n) is 6.68. The van der Waals surface area contributed by atoms with Crippen LogP contribution < -0.4 is 0 Å². The molecule has 3 aromatic rings. The molecular weight excluding hydrogens is 268 g/mol. The largest absolute Gasteiger partial charge is 0.290 e. The fourth-order valence-electron chi connectivity index (χ4n) is 2.88. The zero-order valence-electron chi connectivity index (χ0n) is 10.8. The van der Waals surface area contributed by atoms with Gasteiger partial charge in [-0.2, -0.15) is 5.26 Å². The molecule has 4 nitrogen and oxygen atoms in total. The summed E-state index contributed by atoms with van der Waals surface area (Å²) in [6.07, 6.45) is 5.58. The van der Waals surface area contributed by atoms with E-state index >= 15 is 0 Å². The van der Waals surface area contributed by atoms with E-state index in [0.717, 1.165) is 34.9 Å². The van der Waals surface area contributed by atoms with Gasteiger partial charge in [0.1, 0.15) is 5.69 Å². The Bertz CT molecular complexity index is 823. The highest BCUT2D eigenvalue weighted by Crippen LogP contribution is 2.35. The lowest BCUT2D eigenvalue weighted by Crippen LogP contribution is -1.97. The zero-order chi connectivity index (χ0) is 13.5. The average Bonchev–Trinajstić information content (AvgIpc) is 3.12. The van der Waals surface area contributed by atoms with E-state index in [4.69, 9.17) is 10.2 Å². The van der Waals surface area contributed by atoms with Gasteiger partial charge < -0.3 is 0 Å². The van der Waals surface area contributed by atoms with E-state index in [1.54, 1.807) is 17.5 Å². The van der Waals surface area contributed by atoms with Crippen molar-refractivity contribution in [2.75, 3.05) is 0 Å². The van der Waals surface area contributed by atoms with Crippen LogP contribution in [0.5, 0.6) is 0 Å². The molecule has 0 radical (unpaired) electrons. The monoisotopic (exact) mass is 280 g/mol. The molecule has 4 rings (SSSR count). The number of nitrogens with zero attached hydrogens (tertiary/aromatic N) is 4. The van der Waals surface area contributed by atoms with Crippen LogP contribution in [-0.2, 0) is 19.3 Å².